The predicted molar refractivity (Wildman–Crippen MR) is 124 cm³/mol. The van der Waals surface area contributed by atoms with E-state index in [2.05, 4.69) is 10.0 Å². The molecule has 8 heteroatoms. The molecule has 0 aliphatic rings. The molecule has 0 bridgehead atoms. The predicted octanol–water partition coefficient (Wildman–Crippen LogP) is 5.21. The molecule has 0 spiro atoms. The van der Waals surface area contributed by atoms with E-state index >= 15 is 0 Å². The van der Waals surface area contributed by atoms with Crippen LogP contribution in [0.4, 0.5) is 10.1 Å². The van der Waals surface area contributed by atoms with Gasteiger partial charge in [-0.1, -0.05) is 36.4 Å². The van der Waals surface area contributed by atoms with E-state index < -0.39 is 15.8 Å². The van der Waals surface area contributed by atoms with Crippen LogP contribution < -0.4 is 10.0 Å². The van der Waals surface area contributed by atoms with E-state index in [1.54, 1.807) is 23.5 Å². The highest BCUT2D eigenvalue weighted by Crippen LogP contribution is 2.26. The van der Waals surface area contributed by atoms with Crippen molar-refractivity contribution in [3.63, 3.8) is 0 Å². The van der Waals surface area contributed by atoms with Gasteiger partial charge < -0.3 is 5.32 Å². The van der Waals surface area contributed by atoms with Crippen LogP contribution >= 0.6 is 11.3 Å². The lowest BCUT2D eigenvalue weighted by Crippen LogP contribution is -2.28. The largest absolute Gasteiger partial charge is 0.340 e. The van der Waals surface area contributed by atoms with Crippen LogP contribution in [0.5, 0.6) is 0 Å². The monoisotopic (exact) mass is 466 g/mol. The van der Waals surface area contributed by atoms with Crippen molar-refractivity contribution in [2.75, 3.05) is 4.72 Å². The molecule has 162 valence electrons. The molecule has 0 saturated heterocycles. The minimum absolute atomic E-state index is 0.0534. The highest BCUT2D eigenvalue weighted by Gasteiger charge is 2.19. The molecule has 0 fully saturated rings. The summed E-state index contributed by atoms with van der Waals surface area (Å²) in [4.78, 5) is 13.8. The Balaban J connectivity index is 1.49. The minimum atomic E-state index is -3.86. The highest BCUT2D eigenvalue weighted by molar-refractivity contribution is 7.92. The van der Waals surface area contributed by atoms with Gasteiger partial charge in [-0.05, 0) is 65.5 Å². The average molecular weight is 467 g/mol. The topological polar surface area (TPSA) is 75.3 Å². The van der Waals surface area contributed by atoms with Crippen LogP contribution in [0.3, 0.4) is 0 Å². The van der Waals surface area contributed by atoms with Gasteiger partial charge in [0.1, 0.15) is 5.82 Å². The molecule has 1 heterocycles. The molecule has 32 heavy (non-hydrogen) atoms. The standard InChI is InChI=1S/C24H19FN2O3S2/c25-19-10-14-21(15-11-19)32(29,30)27-20-12-8-18(9-13-20)24(28)26-23(22-7-4-16-31-22)17-5-2-1-3-6-17/h1-16,23,27H,(H,26,28). The van der Waals surface area contributed by atoms with Crippen molar-refractivity contribution in [2.45, 2.75) is 10.9 Å². The number of benzene rings is 3. The van der Waals surface area contributed by atoms with Crippen LogP contribution in [0, 0.1) is 5.82 Å². The lowest BCUT2D eigenvalue weighted by Gasteiger charge is -2.18. The second-order valence-electron chi connectivity index (χ2n) is 6.97. The van der Waals surface area contributed by atoms with Gasteiger partial charge in [0.05, 0.1) is 10.9 Å². The molecule has 0 saturated carbocycles. The zero-order chi connectivity index (χ0) is 22.6. The summed E-state index contributed by atoms with van der Waals surface area (Å²) in [6.45, 7) is 0. The van der Waals surface area contributed by atoms with E-state index in [0.29, 0.717) is 11.3 Å². The van der Waals surface area contributed by atoms with Gasteiger partial charge in [-0.25, -0.2) is 12.8 Å². The molecule has 0 aliphatic heterocycles. The van der Waals surface area contributed by atoms with Gasteiger partial charge in [0.2, 0.25) is 0 Å². The molecule has 1 aromatic heterocycles. The summed E-state index contributed by atoms with van der Waals surface area (Å²) in [5, 5.41) is 5.01. The molecule has 2 N–H and O–H groups in total. The Morgan fingerprint density at radius 1 is 0.844 bits per heavy atom. The molecule has 1 unspecified atom stereocenters. The number of hydrogen-bond acceptors (Lipinski definition) is 4. The van der Waals surface area contributed by atoms with Crippen LogP contribution in [0.1, 0.15) is 26.8 Å². The van der Waals surface area contributed by atoms with Gasteiger partial charge in [-0.2, -0.15) is 0 Å². The van der Waals surface area contributed by atoms with E-state index in [-0.39, 0.29) is 16.8 Å². The van der Waals surface area contributed by atoms with Gasteiger partial charge >= 0.3 is 0 Å². The Hall–Kier alpha value is -3.49. The number of hydrogen-bond donors (Lipinski definition) is 2. The summed E-state index contributed by atoms with van der Waals surface area (Å²) in [5.41, 5.74) is 1.66. The van der Waals surface area contributed by atoms with Crippen LogP contribution in [-0.4, -0.2) is 14.3 Å². The van der Waals surface area contributed by atoms with Crippen LogP contribution in [-0.2, 0) is 10.0 Å². The van der Waals surface area contributed by atoms with Crippen molar-refractivity contribution in [3.8, 4) is 0 Å². The fourth-order valence-electron chi connectivity index (χ4n) is 3.15. The Kier molecular flexibility index (Phi) is 6.34. The number of nitrogens with one attached hydrogen (secondary N) is 2. The van der Waals surface area contributed by atoms with Crippen molar-refractivity contribution in [1.82, 2.24) is 5.32 Å². The zero-order valence-corrected chi connectivity index (χ0v) is 18.4. The zero-order valence-electron chi connectivity index (χ0n) is 16.7. The second kappa shape index (κ2) is 9.33. The Morgan fingerprint density at radius 3 is 2.16 bits per heavy atom. The Morgan fingerprint density at radius 2 is 1.53 bits per heavy atom. The number of sulfonamides is 1. The Bertz CT molecular complexity index is 1290. The number of thiophene rings is 1. The minimum Gasteiger partial charge on any atom is -0.340 e. The van der Waals surface area contributed by atoms with Gasteiger partial charge in [0.25, 0.3) is 15.9 Å². The first kappa shape index (κ1) is 21.7. The summed E-state index contributed by atoms with van der Waals surface area (Å²) in [5.74, 6) is -0.795. The first-order chi connectivity index (χ1) is 15.4. The number of rotatable bonds is 7. The molecule has 0 aliphatic carbocycles. The quantitative estimate of drug-likeness (QED) is 0.393. The number of carbonyl (C=O) groups excluding carboxylic acids is 1. The molecule has 0 radical (unpaired) electrons. The smallest absolute Gasteiger partial charge is 0.261 e. The summed E-state index contributed by atoms with van der Waals surface area (Å²) in [7, 11) is -3.86. The number of anilines is 1. The number of halogens is 1. The number of carbonyl (C=O) groups is 1. The first-order valence-corrected chi connectivity index (χ1v) is 12.1. The molecule has 4 aromatic rings. The maximum Gasteiger partial charge on any atom is 0.261 e. The molecule has 1 atom stereocenters. The lowest BCUT2D eigenvalue weighted by molar-refractivity contribution is 0.0943. The van der Waals surface area contributed by atoms with Gasteiger partial charge in [-0.15, -0.1) is 11.3 Å². The SMILES string of the molecule is O=C(NC(c1ccccc1)c1cccs1)c1ccc(NS(=O)(=O)c2ccc(F)cc2)cc1. The van der Waals surface area contributed by atoms with Gasteiger partial charge in [-0.3, -0.25) is 9.52 Å². The van der Waals surface area contributed by atoms with Crippen molar-refractivity contribution in [1.29, 1.82) is 0 Å². The highest BCUT2D eigenvalue weighted by atomic mass is 32.2. The maximum absolute atomic E-state index is 13.1. The summed E-state index contributed by atoms with van der Waals surface area (Å²) in [6.07, 6.45) is 0. The maximum atomic E-state index is 13.1. The molecule has 4 rings (SSSR count). The molecular weight excluding hydrogens is 447 g/mol. The number of amides is 1. The van der Waals surface area contributed by atoms with E-state index in [0.717, 1.165) is 22.6 Å². The van der Waals surface area contributed by atoms with E-state index in [9.17, 15) is 17.6 Å². The van der Waals surface area contributed by atoms with Crippen LogP contribution in [0.15, 0.2) is 101 Å². The molecule has 3 aromatic carbocycles. The van der Waals surface area contributed by atoms with Crippen molar-refractivity contribution in [3.05, 3.63) is 118 Å². The van der Waals surface area contributed by atoms with Crippen molar-refractivity contribution >= 4 is 33.0 Å². The lowest BCUT2D eigenvalue weighted by atomic mass is 10.0. The average Bonchev–Trinajstić information content (AvgIpc) is 3.33. The van der Waals surface area contributed by atoms with Gasteiger partial charge in [0.15, 0.2) is 0 Å². The van der Waals surface area contributed by atoms with Crippen LogP contribution in [0.25, 0.3) is 0 Å². The van der Waals surface area contributed by atoms with Crippen molar-refractivity contribution < 1.29 is 17.6 Å². The molecule has 5 nitrogen and oxygen atoms in total. The second-order valence-corrected chi connectivity index (χ2v) is 9.63. The summed E-state index contributed by atoms with van der Waals surface area (Å²) >= 11 is 1.56. The fraction of sp³-hybridized carbons (Fsp3) is 0.0417. The normalized spacial score (nSPS) is 12.2. The third-order valence-corrected chi connectivity index (χ3v) is 7.09. The van der Waals surface area contributed by atoms with E-state index in [1.165, 1.54) is 24.3 Å². The van der Waals surface area contributed by atoms with E-state index in [4.69, 9.17) is 0 Å². The van der Waals surface area contributed by atoms with E-state index in [1.807, 2.05) is 47.8 Å². The molecular formula is C24H19FN2O3S2. The molecule has 1 amide bonds. The summed E-state index contributed by atoms with van der Waals surface area (Å²) < 4.78 is 40.4. The van der Waals surface area contributed by atoms with Gasteiger partial charge in [0, 0.05) is 16.1 Å². The Labute approximate surface area is 189 Å². The third-order valence-electron chi connectivity index (χ3n) is 4.76. The van der Waals surface area contributed by atoms with Crippen LogP contribution in [0.2, 0.25) is 0 Å². The fourth-order valence-corrected chi connectivity index (χ4v) is 5.01. The summed E-state index contributed by atoms with van der Waals surface area (Å²) in [6, 6.07) is 24.0. The van der Waals surface area contributed by atoms with Crippen molar-refractivity contribution in [2.24, 2.45) is 0 Å². The first-order valence-electron chi connectivity index (χ1n) is 9.70. The third kappa shape index (κ3) is 5.04.